The minimum absolute atomic E-state index is 0.141. The Bertz CT molecular complexity index is 881. The van der Waals surface area contributed by atoms with Crippen molar-refractivity contribution in [3.63, 3.8) is 0 Å². The third kappa shape index (κ3) is 4.51. The van der Waals surface area contributed by atoms with Gasteiger partial charge in [0.25, 0.3) is 5.91 Å². The van der Waals surface area contributed by atoms with Crippen LogP contribution in [0, 0.1) is 17.0 Å². The molecule has 0 aliphatic carbocycles. The summed E-state index contributed by atoms with van der Waals surface area (Å²) in [5, 5.41) is 11.3. The molecule has 0 bridgehead atoms. The summed E-state index contributed by atoms with van der Waals surface area (Å²) in [6.07, 6.45) is 0. The quantitative estimate of drug-likeness (QED) is 0.507. The fraction of sp³-hybridized carbons (Fsp3) is 0.350. The highest BCUT2D eigenvalue weighted by atomic mass is 16.6. The van der Waals surface area contributed by atoms with Crippen LogP contribution in [0.1, 0.15) is 28.4 Å². The molecular weight excluding hydrogens is 364 g/mol. The van der Waals surface area contributed by atoms with E-state index in [-0.39, 0.29) is 22.9 Å². The van der Waals surface area contributed by atoms with Crippen LogP contribution < -0.4 is 14.2 Å². The van der Waals surface area contributed by atoms with E-state index in [1.165, 1.54) is 23.1 Å². The fourth-order valence-corrected chi connectivity index (χ4v) is 2.81. The molecule has 0 N–H and O–H groups in total. The van der Waals surface area contributed by atoms with E-state index < -0.39 is 4.92 Å². The van der Waals surface area contributed by atoms with Gasteiger partial charge < -0.3 is 19.1 Å². The number of rotatable bonds is 8. The Kier molecular flexibility index (Phi) is 6.81. The van der Waals surface area contributed by atoms with Crippen molar-refractivity contribution in [2.24, 2.45) is 0 Å². The number of nitrogens with zero attached hydrogens (tertiary/aromatic N) is 2. The Labute approximate surface area is 163 Å². The Morgan fingerprint density at radius 1 is 1.11 bits per heavy atom. The molecule has 150 valence electrons. The molecule has 1 amide bonds. The molecule has 0 fully saturated rings. The van der Waals surface area contributed by atoms with Crippen LogP contribution in [0.3, 0.4) is 0 Å². The standard InChI is InChI=1S/C20H24N2O6/c1-6-28-17-8-7-14(10-16(17)22(24)25)20(23)21(3)12-15-11-19(27-5)18(26-4)9-13(15)2/h7-11H,6,12H2,1-5H3. The number of hydrogen-bond acceptors (Lipinski definition) is 6. The van der Waals surface area contributed by atoms with E-state index in [4.69, 9.17) is 14.2 Å². The topological polar surface area (TPSA) is 91.1 Å². The maximum Gasteiger partial charge on any atom is 0.311 e. The highest BCUT2D eigenvalue weighted by Crippen LogP contribution is 2.31. The van der Waals surface area contributed by atoms with Crippen molar-refractivity contribution in [2.45, 2.75) is 20.4 Å². The Balaban J connectivity index is 2.28. The van der Waals surface area contributed by atoms with E-state index >= 15 is 0 Å². The average molecular weight is 388 g/mol. The second-order valence-corrected chi connectivity index (χ2v) is 6.17. The first-order valence-corrected chi connectivity index (χ1v) is 8.70. The van der Waals surface area contributed by atoms with E-state index in [0.29, 0.717) is 24.7 Å². The van der Waals surface area contributed by atoms with Gasteiger partial charge in [0, 0.05) is 25.2 Å². The summed E-state index contributed by atoms with van der Waals surface area (Å²) in [6.45, 7) is 4.26. The molecule has 8 nitrogen and oxygen atoms in total. The van der Waals surface area contributed by atoms with E-state index in [2.05, 4.69) is 0 Å². The van der Waals surface area contributed by atoms with Crippen LogP contribution in [-0.4, -0.2) is 43.6 Å². The number of carbonyl (C=O) groups excluding carboxylic acids is 1. The van der Waals surface area contributed by atoms with Gasteiger partial charge in [-0.25, -0.2) is 0 Å². The van der Waals surface area contributed by atoms with Gasteiger partial charge in [-0.1, -0.05) is 0 Å². The van der Waals surface area contributed by atoms with Crippen molar-refractivity contribution < 1.29 is 23.9 Å². The average Bonchev–Trinajstić information content (AvgIpc) is 2.68. The lowest BCUT2D eigenvalue weighted by Crippen LogP contribution is -2.26. The van der Waals surface area contributed by atoms with Crippen LogP contribution in [0.15, 0.2) is 30.3 Å². The van der Waals surface area contributed by atoms with Gasteiger partial charge in [0.15, 0.2) is 17.2 Å². The highest BCUT2D eigenvalue weighted by Gasteiger charge is 2.21. The zero-order valence-corrected chi connectivity index (χ0v) is 16.6. The molecule has 2 aromatic carbocycles. The minimum Gasteiger partial charge on any atom is -0.493 e. The molecule has 0 unspecified atom stereocenters. The van der Waals surface area contributed by atoms with Crippen molar-refractivity contribution in [2.75, 3.05) is 27.9 Å². The monoisotopic (exact) mass is 388 g/mol. The summed E-state index contributed by atoms with van der Waals surface area (Å²) in [7, 11) is 4.75. The van der Waals surface area contributed by atoms with Crippen LogP contribution in [0.4, 0.5) is 5.69 Å². The second kappa shape index (κ2) is 9.07. The first-order chi connectivity index (χ1) is 13.3. The van der Waals surface area contributed by atoms with Gasteiger partial charge in [-0.2, -0.15) is 0 Å². The summed E-state index contributed by atoms with van der Waals surface area (Å²) in [5.74, 6) is 0.989. The molecule has 0 saturated heterocycles. The summed E-state index contributed by atoms with van der Waals surface area (Å²) in [6, 6.07) is 7.88. The van der Waals surface area contributed by atoms with Crippen molar-refractivity contribution >= 4 is 11.6 Å². The number of hydrogen-bond donors (Lipinski definition) is 0. The van der Waals surface area contributed by atoms with Gasteiger partial charge in [0.1, 0.15) is 0 Å². The van der Waals surface area contributed by atoms with E-state index in [9.17, 15) is 14.9 Å². The zero-order chi connectivity index (χ0) is 20.8. The predicted molar refractivity (Wildman–Crippen MR) is 104 cm³/mol. The first kappa shape index (κ1) is 21.0. The molecule has 2 aromatic rings. The van der Waals surface area contributed by atoms with E-state index in [0.717, 1.165) is 11.1 Å². The zero-order valence-electron chi connectivity index (χ0n) is 16.6. The molecule has 0 aliphatic heterocycles. The molecule has 28 heavy (non-hydrogen) atoms. The van der Waals surface area contributed by atoms with Crippen LogP contribution in [0.5, 0.6) is 17.2 Å². The maximum absolute atomic E-state index is 12.8. The molecule has 0 aromatic heterocycles. The molecular formula is C20H24N2O6. The Morgan fingerprint density at radius 3 is 2.32 bits per heavy atom. The smallest absolute Gasteiger partial charge is 0.311 e. The molecule has 2 rings (SSSR count). The van der Waals surface area contributed by atoms with Crippen LogP contribution in [0.2, 0.25) is 0 Å². The van der Waals surface area contributed by atoms with Gasteiger partial charge >= 0.3 is 5.69 Å². The van der Waals surface area contributed by atoms with Crippen molar-refractivity contribution in [1.29, 1.82) is 0 Å². The molecule has 0 saturated carbocycles. The third-order valence-electron chi connectivity index (χ3n) is 4.30. The normalized spacial score (nSPS) is 10.3. The maximum atomic E-state index is 12.8. The number of ether oxygens (including phenoxy) is 3. The fourth-order valence-electron chi connectivity index (χ4n) is 2.81. The SMILES string of the molecule is CCOc1ccc(C(=O)N(C)Cc2cc(OC)c(OC)cc2C)cc1[N+](=O)[O-]. The van der Waals surface area contributed by atoms with Crippen LogP contribution in [0.25, 0.3) is 0 Å². The molecule has 0 atom stereocenters. The summed E-state index contributed by atoms with van der Waals surface area (Å²) >= 11 is 0. The molecule has 0 heterocycles. The number of amides is 1. The van der Waals surface area contributed by atoms with Gasteiger partial charge in [-0.3, -0.25) is 14.9 Å². The summed E-state index contributed by atoms with van der Waals surface area (Å²) in [4.78, 5) is 25.0. The highest BCUT2D eigenvalue weighted by molar-refractivity contribution is 5.95. The minimum atomic E-state index is -0.555. The largest absolute Gasteiger partial charge is 0.493 e. The van der Waals surface area contributed by atoms with Gasteiger partial charge in [0.05, 0.1) is 25.7 Å². The number of methoxy groups -OCH3 is 2. The lowest BCUT2D eigenvalue weighted by molar-refractivity contribution is -0.385. The lowest BCUT2D eigenvalue weighted by atomic mass is 10.1. The van der Waals surface area contributed by atoms with Crippen molar-refractivity contribution in [3.05, 3.63) is 57.1 Å². The molecule has 8 heteroatoms. The number of carbonyl (C=O) groups is 1. The lowest BCUT2D eigenvalue weighted by Gasteiger charge is -2.20. The Morgan fingerprint density at radius 2 is 1.75 bits per heavy atom. The van der Waals surface area contributed by atoms with Gasteiger partial charge in [-0.05, 0) is 49.2 Å². The number of aryl methyl sites for hydroxylation is 1. The summed E-state index contributed by atoms with van der Waals surface area (Å²) in [5.41, 5.74) is 1.81. The van der Waals surface area contributed by atoms with E-state index in [1.807, 2.05) is 19.1 Å². The predicted octanol–water partition coefficient (Wildman–Crippen LogP) is 3.59. The second-order valence-electron chi connectivity index (χ2n) is 6.17. The van der Waals surface area contributed by atoms with Crippen molar-refractivity contribution in [3.8, 4) is 17.2 Å². The van der Waals surface area contributed by atoms with Crippen molar-refractivity contribution in [1.82, 2.24) is 4.90 Å². The third-order valence-corrected chi connectivity index (χ3v) is 4.30. The summed E-state index contributed by atoms with van der Waals surface area (Å²) < 4.78 is 15.9. The van der Waals surface area contributed by atoms with Crippen LogP contribution >= 0.6 is 0 Å². The number of nitro groups is 1. The molecule has 0 radical (unpaired) electrons. The van der Waals surface area contributed by atoms with Crippen LogP contribution in [-0.2, 0) is 6.54 Å². The van der Waals surface area contributed by atoms with Gasteiger partial charge in [-0.15, -0.1) is 0 Å². The Hall–Kier alpha value is -3.29. The molecule has 0 aliphatic rings. The van der Waals surface area contributed by atoms with E-state index in [1.54, 1.807) is 28.2 Å². The number of nitro benzene ring substituents is 1. The van der Waals surface area contributed by atoms with Gasteiger partial charge in [0.2, 0.25) is 0 Å². The molecule has 0 spiro atoms. The number of benzene rings is 2. The first-order valence-electron chi connectivity index (χ1n) is 8.70.